The number of aryl methyl sites for hydroxylation is 1. The lowest BCUT2D eigenvalue weighted by molar-refractivity contribution is -0.141. The van der Waals surface area contributed by atoms with Crippen LogP contribution >= 0.6 is 0 Å². The zero-order chi connectivity index (χ0) is 17.1. The Labute approximate surface area is 136 Å². The van der Waals surface area contributed by atoms with Gasteiger partial charge in [-0.05, 0) is 37.5 Å². The van der Waals surface area contributed by atoms with E-state index in [1.165, 1.54) is 7.11 Å². The maximum atomic E-state index is 12.9. The van der Waals surface area contributed by atoms with Crippen LogP contribution in [0, 0.1) is 12.8 Å². The van der Waals surface area contributed by atoms with Gasteiger partial charge in [0.05, 0.1) is 20.1 Å². The summed E-state index contributed by atoms with van der Waals surface area (Å²) in [5.74, 6) is -0.589. The number of carboxylic acid groups (broad SMARTS) is 1. The predicted octanol–water partition coefficient (Wildman–Crippen LogP) is 2.34. The van der Waals surface area contributed by atoms with Crippen molar-refractivity contribution in [3.05, 3.63) is 23.3 Å². The number of carbonyl (C=O) groups excluding carboxylic acids is 1. The lowest BCUT2D eigenvalue weighted by Gasteiger charge is -2.25. The van der Waals surface area contributed by atoms with E-state index >= 15 is 0 Å². The number of carbonyl (C=O) groups is 2. The fourth-order valence-corrected chi connectivity index (χ4v) is 2.52. The van der Waals surface area contributed by atoms with E-state index in [1.54, 1.807) is 31.1 Å². The summed E-state index contributed by atoms with van der Waals surface area (Å²) in [6.45, 7) is 3.67. The van der Waals surface area contributed by atoms with Crippen molar-refractivity contribution in [3.8, 4) is 11.5 Å². The van der Waals surface area contributed by atoms with Crippen LogP contribution in [-0.4, -0.2) is 48.7 Å². The number of amides is 1. The maximum absolute atomic E-state index is 12.9. The van der Waals surface area contributed by atoms with Crippen molar-refractivity contribution in [1.29, 1.82) is 0 Å². The van der Waals surface area contributed by atoms with Gasteiger partial charge in [-0.15, -0.1) is 0 Å². The third-order valence-electron chi connectivity index (χ3n) is 4.10. The average molecular weight is 321 g/mol. The minimum Gasteiger partial charge on any atom is -0.493 e. The molecule has 1 aromatic carbocycles. The Hall–Kier alpha value is -2.24. The summed E-state index contributed by atoms with van der Waals surface area (Å²) in [6, 6.07) is 3.56. The summed E-state index contributed by atoms with van der Waals surface area (Å²) in [6.07, 6.45) is 1.84. The second kappa shape index (κ2) is 6.89. The minimum atomic E-state index is -0.896. The number of methoxy groups -OCH3 is 2. The van der Waals surface area contributed by atoms with E-state index in [0.29, 0.717) is 17.1 Å². The second-order valence-electron chi connectivity index (χ2n) is 5.95. The van der Waals surface area contributed by atoms with Crippen molar-refractivity contribution in [2.24, 2.45) is 5.92 Å². The highest BCUT2D eigenvalue weighted by Crippen LogP contribution is 2.34. The molecule has 126 valence electrons. The molecule has 1 saturated carbocycles. The standard InChI is InChI=1S/C17H23NO5/c1-10-7-14(22-3)15(23-4)8-13(10)16(19)18(12-5-6-12)9-11(2)17(20)21/h7-8,11-12H,5-6,9H2,1-4H3,(H,20,21). The van der Waals surface area contributed by atoms with Crippen LogP contribution in [0.15, 0.2) is 12.1 Å². The van der Waals surface area contributed by atoms with Crippen LogP contribution in [0.1, 0.15) is 35.7 Å². The molecular weight excluding hydrogens is 298 g/mol. The average Bonchev–Trinajstić information content (AvgIpc) is 3.35. The molecule has 0 radical (unpaired) electrons. The molecule has 0 saturated heterocycles. The lowest BCUT2D eigenvalue weighted by Crippen LogP contribution is -2.38. The fourth-order valence-electron chi connectivity index (χ4n) is 2.52. The number of hydrogen-bond donors (Lipinski definition) is 1. The van der Waals surface area contributed by atoms with E-state index in [-0.39, 0.29) is 18.5 Å². The number of nitrogens with zero attached hydrogens (tertiary/aromatic N) is 1. The largest absolute Gasteiger partial charge is 0.493 e. The van der Waals surface area contributed by atoms with E-state index in [4.69, 9.17) is 14.6 Å². The molecule has 2 rings (SSSR count). The zero-order valence-electron chi connectivity index (χ0n) is 14.0. The molecule has 23 heavy (non-hydrogen) atoms. The summed E-state index contributed by atoms with van der Waals surface area (Å²) >= 11 is 0. The van der Waals surface area contributed by atoms with Gasteiger partial charge < -0.3 is 19.5 Å². The van der Waals surface area contributed by atoms with Crippen molar-refractivity contribution in [2.45, 2.75) is 32.7 Å². The van der Waals surface area contributed by atoms with E-state index in [0.717, 1.165) is 18.4 Å². The molecule has 1 N–H and O–H groups in total. The monoisotopic (exact) mass is 321 g/mol. The van der Waals surface area contributed by atoms with Crippen LogP contribution in [0.3, 0.4) is 0 Å². The first-order valence-electron chi connectivity index (χ1n) is 7.65. The Morgan fingerprint density at radius 3 is 2.30 bits per heavy atom. The second-order valence-corrected chi connectivity index (χ2v) is 5.95. The summed E-state index contributed by atoms with van der Waals surface area (Å²) in [4.78, 5) is 25.7. The van der Waals surface area contributed by atoms with Gasteiger partial charge in [0.15, 0.2) is 11.5 Å². The molecule has 0 spiro atoms. The number of carboxylic acids is 1. The molecule has 6 heteroatoms. The van der Waals surface area contributed by atoms with Gasteiger partial charge >= 0.3 is 5.97 Å². The molecule has 0 bridgehead atoms. The Morgan fingerprint density at radius 2 is 1.83 bits per heavy atom. The van der Waals surface area contributed by atoms with Gasteiger partial charge in [-0.1, -0.05) is 6.92 Å². The van der Waals surface area contributed by atoms with Crippen LogP contribution in [0.5, 0.6) is 11.5 Å². The van der Waals surface area contributed by atoms with Crippen LogP contribution in [0.25, 0.3) is 0 Å². The molecule has 1 unspecified atom stereocenters. The zero-order valence-corrected chi connectivity index (χ0v) is 14.0. The summed E-state index contributed by atoms with van der Waals surface area (Å²) in [7, 11) is 3.07. The van der Waals surface area contributed by atoms with Gasteiger partial charge in [0, 0.05) is 18.2 Å². The van der Waals surface area contributed by atoms with Gasteiger partial charge in [-0.3, -0.25) is 9.59 Å². The van der Waals surface area contributed by atoms with Crippen molar-refractivity contribution in [2.75, 3.05) is 20.8 Å². The molecule has 1 aliphatic carbocycles. The third kappa shape index (κ3) is 3.75. The predicted molar refractivity (Wildman–Crippen MR) is 85.1 cm³/mol. The molecule has 1 aromatic rings. The van der Waals surface area contributed by atoms with Gasteiger partial charge in [-0.2, -0.15) is 0 Å². The summed E-state index contributed by atoms with van der Waals surface area (Å²) in [5, 5.41) is 9.12. The first-order chi connectivity index (χ1) is 10.9. The molecule has 1 aliphatic rings. The first kappa shape index (κ1) is 17.1. The van der Waals surface area contributed by atoms with Gasteiger partial charge in [0.25, 0.3) is 5.91 Å². The van der Waals surface area contributed by atoms with Crippen LogP contribution in [0.4, 0.5) is 0 Å². The molecule has 1 atom stereocenters. The Kier molecular flexibility index (Phi) is 5.13. The SMILES string of the molecule is COc1cc(C)c(C(=O)N(CC(C)C(=O)O)C2CC2)cc1OC. The molecule has 1 fully saturated rings. The fraction of sp³-hybridized carbons (Fsp3) is 0.529. The molecule has 0 aromatic heterocycles. The number of ether oxygens (including phenoxy) is 2. The third-order valence-corrected chi connectivity index (χ3v) is 4.10. The lowest BCUT2D eigenvalue weighted by atomic mass is 10.0. The number of benzene rings is 1. The number of rotatable bonds is 7. The van der Waals surface area contributed by atoms with Gasteiger partial charge in [0.1, 0.15) is 0 Å². The topological polar surface area (TPSA) is 76.1 Å². The summed E-state index contributed by atoms with van der Waals surface area (Å²) in [5.41, 5.74) is 1.30. The van der Waals surface area contributed by atoms with Gasteiger partial charge in [0.2, 0.25) is 0 Å². The van der Waals surface area contributed by atoms with Crippen molar-refractivity contribution >= 4 is 11.9 Å². The highest BCUT2D eigenvalue weighted by atomic mass is 16.5. The molecule has 1 amide bonds. The van der Waals surface area contributed by atoms with Crippen LogP contribution in [-0.2, 0) is 4.79 Å². The maximum Gasteiger partial charge on any atom is 0.308 e. The van der Waals surface area contributed by atoms with Crippen molar-refractivity contribution in [3.63, 3.8) is 0 Å². The molecule has 0 aliphatic heterocycles. The summed E-state index contributed by atoms with van der Waals surface area (Å²) < 4.78 is 10.5. The van der Waals surface area contributed by atoms with E-state index in [1.807, 2.05) is 6.92 Å². The van der Waals surface area contributed by atoms with Crippen molar-refractivity contribution in [1.82, 2.24) is 4.90 Å². The van der Waals surface area contributed by atoms with E-state index < -0.39 is 11.9 Å². The first-order valence-corrected chi connectivity index (χ1v) is 7.65. The Morgan fingerprint density at radius 1 is 1.26 bits per heavy atom. The van der Waals surface area contributed by atoms with Crippen LogP contribution in [0.2, 0.25) is 0 Å². The van der Waals surface area contributed by atoms with E-state index in [9.17, 15) is 9.59 Å². The highest BCUT2D eigenvalue weighted by Gasteiger charge is 2.35. The molecular formula is C17H23NO5. The van der Waals surface area contributed by atoms with Gasteiger partial charge in [-0.25, -0.2) is 0 Å². The quantitative estimate of drug-likeness (QED) is 0.834. The minimum absolute atomic E-state index is 0.136. The van der Waals surface area contributed by atoms with Crippen LogP contribution < -0.4 is 9.47 Å². The molecule has 0 heterocycles. The van der Waals surface area contributed by atoms with E-state index in [2.05, 4.69) is 0 Å². The normalized spacial score (nSPS) is 15.0. The van der Waals surface area contributed by atoms with Crippen molar-refractivity contribution < 1.29 is 24.2 Å². The highest BCUT2D eigenvalue weighted by molar-refractivity contribution is 5.97. The Bertz CT molecular complexity index is 609. The number of hydrogen-bond acceptors (Lipinski definition) is 4. The molecule has 6 nitrogen and oxygen atoms in total. The smallest absolute Gasteiger partial charge is 0.308 e. The Balaban J connectivity index is 2.31. The number of aliphatic carboxylic acids is 1.